The van der Waals surface area contributed by atoms with E-state index in [1.807, 2.05) is 0 Å². The van der Waals surface area contributed by atoms with Crippen molar-refractivity contribution in [2.75, 3.05) is 26.2 Å². The minimum absolute atomic E-state index is 0.127. The Hall–Kier alpha value is -0.900. The van der Waals surface area contributed by atoms with Crippen molar-refractivity contribution in [1.29, 1.82) is 0 Å². The summed E-state index contributed by atoms with van der Waals surface area (Å²) >= 11 is 0. The number of nitrogens with zero attached hydrogens (tertiary/aromatic N) is 2. The van der Waals surface area contributed by atoms with Gasteiger partial charge in [-0.25, -0.2) is 0 Å². The third kappa shape index (κ3) is 3.47. The van der Waals surface area contributed by atoms with Gasteiger partial charge in [0.05, 0.1) is 0 Å². The zero-order valence-corrected chi connectivity index (χ0v) is 13.5. The van der Waals surface area contributed by atoms with E-state index in [1.165, 1.54) is 50.0 Å². The molecule has 2 saturated heterocycles. The van der Waals surface area contributed by atoms with Crippen molar-refractivity contribution >= 4 is 0 Å². The lowest BCUT2D eigenvalue weighted by Gasteiger charge is -2.48. The fraction of sp³-hybridized carbons (Fsp3) is 0.667. The summed E-state index contributed by atoms with van der Waals surface area (Å²) in [5.41, 5.74) is 9.04. The van der Waals surface area contributed by atoms with Crippen LogP contribution in [0, 0.1) is 6.92 Å². The van der Waals surface area contributed by atoms with E-state index in [-0.39, 0.29) is 6.04 Å². The van der Waals surface area contributed by atoms with Crippen LogP contribution in [0.1, 0.15) is 43.4 Å². The highest BCUT2D eigenvalue weighted by molar-refractivity contribution is 5.25. The van der Waals surface area contributed by atoms with Crippen LogP contribution in [0.5, 0.6) is 0 Å². The number of aryl methyl sites for hydroxylation is 1. The van der Waals surface area contributed by atoms with Crippen LogP contribution in [0.4, 0.5) is 0 Å². The van der Waals surface area contributed by atoms with Gasteiger partial charge in [-0.15, -0.1) is 0 Å². The quantitative estimate of drug-likeness (QED) is 0.927. The normalized spacial score (nSPS) is 29.1. The molecular weight excluding hydrogens is 258 g/mol. The number of nitrogens with two attached hydrogens (primary N) is 1. The van der Waals surface area contributed by atoms with Crippen molar-refractivity contribution in [3.63, 3.8) is 0 Å². The van der Waals surface area contributed by atoms with Crippen LogP contribution in [-0.2, 0) is 0 Å². The molecule has 0 aliphatic carbocycles. The molecule has 0 saturated carbocycles. The van der Waals surface area contributed by atoms with E-state index in [9.17, 15) is 0 Å². The predicted octanol–water partition coefficient (Wildman–Crippen LogP) is 2.55. The smallest absolute Gasteiger partial charge is 0.0424 e. The van der Waals surface area contributed by atoms with E-state index in [0.29, 0.717) is 6.04 Å². The maximum atomic E-state index is 6.47. The van der Waals surface area contributed by atoms with Gasteiger partial charge >= 0.3 is 0 Å². The first-order valence-electron chi connectivity index (χ1n) is 8.44. The molecule has 0 aromatic heterocycles. The number of hydrogen-bond donors (Lipinski definition) is 1. The van der Waals surface area contributed by atoms with Crippen molar-refractivity contribution in [3.8, 4) is 0 Å². The number of benzene rings is 1. The molecule has 2 heterocycles. The highest BCUT2D eigenvalue weighted by Gasteiger charge is 2.33. The van der Waals surface area contributed by atoms with Gasteiger partial charge in [0.2, 0.25) is 0 Å². The lowest BCUT2D eigenvalue weighted by molar-refractivity contribution is 0.0125. The summed E-state index contributed by atoms with van der Waals surface area (Å²) in [5, 5.41) is 0. The average Bonchev–Trinajstić information content (AvgIpc) is 2.48. The third-order valence-corrected chi connectivity index (χ3v) is 5.22. The molecule has 1 aromatic rings. The van der Waals surface area contributed by atoms with Gasteiger partial charge in [0.1, 0.15) is 0 Å². The molecule has 21 heavy (non-hydrogen) atoms. The van der Waals surface area contributed by atoms with E-state index < -0.39 is 0 Å². The number of piperidine rings is 1. The summed E-state index contributed by atoms with van der Waals surface area (Å²) in [7, 11) is 0. The molecule has 3 heteroatoms. The zero-order valence-electron chi connectivity index (χ0n) is 13.5. The molecule has 0 amide bonds. The molecule has 0 spiro atoms. The second kappa shape index (κ2) is 6.47. The first kappa shape index (κ1) is 15.0. The Labute approximate surface area is 129 Å². The van der Waals surface area contributed by atoms with Crippen molar-refractivity contribution in [3.05, 3.63) is 35.4 Å². The van der Waals surface area contributed by atoms with E-state index in [0.717, 1.165) is 12.6 Å². The zero-order chi connectivity index (χ0) is 14.8. The highest BCUT2D eigenvalue weighted by Crippen LogP contribution is 2.25. The van der Waals surface area contributed by atoms with Gasteiger partial charge < -0.3 is 5.73 Å². The lowest BCUT2D eigenvalue weighted by Crippen LogP contribution is -2.59. The average molecular weight is 287 g/mol. The van der Waals surface area contributed by atoms with Gasteiger partial charge in [0.25, 0.3) is 0 Å². The van der Waals surface area contributed by atoms with Crippen LogP contribution in [-0.4, -0.2) is 48.1 Å². The number of rotatable bonds is 3. The largest absolute Gasteiger partial charge is 0.323 e. The summed E-state index contributed by atoms with van der Waals surface area (Å²) in [6.45, 7) is 9.18. The van der Waals surface area contributed by atoms with Crippen LogP contribution < -0.4 is 5.73 Å². The molecule has 0 bridgehead atoms. The van der Waals surface area contributed by atoms with Crippen LogP contribution >= 0.6 is 0 Å². The molecule has 3 atom stereocenters. The SMILES string of the molecule is Cc1cccc(C(N)CN2CC3CCCCN3CC2C)c1. The highest BCUT2D eigenvalue weighted by atomic mass is 15.3. The monoisotopic (exact) mass is 287 g/mol. The second-order valence-corrected chi connectivity index (χ2v) is 6.97. The Kier molecular flexibility index (Phi) is 4.63. The van der Waals surface area contributed by atoms with Gasteiger partial charge in [0, 0.05) is 37.8 Å². The molecular formula is C18H29N3. The van der Waals surface area contributed by atoms with Crippen LogP contribution in [0.3, 0.4) is 0 Å². The third-order valence-electron chi connectivity index (χ3n) is 5.22. The maximum absolute atomic E-state index is 6.47. The van der Waals surface area contributed by atoms with E-state index >= 15 is 0 Å². The van der Waals surface area contributed by atoms with Crippen molar-refractivity contribution < 1.29 is 0 Å². The van der Waals surface area contributed by atoms with Crippen LogP contribution in [0.15, 0.2) is 24.3 Å². The Balaban J connectivity index is 1.63. The summed E-state index contributed by atoms with van der Waals surface area (Å²) in [4.78, 5) is 5.31. The Morgan fingerprint density at radius 2 is 2.14 bits per heavy atom. The van der Waals surface area contributed by atoms with Gasteiger partial charge in [-0.1, -0.05) is 36.2 Å². The van der Waals surface area contributed by atoms with Crippen molar-refractivity contribution in [2.45, 2.75) is 51.2 Å². The summed E-state index contributed by atoms with van der Waals surface area (Å²) in [6.07, 6.45) is 4.14. The van der Waals surface area contributed by atoms with Gasteiger partial charge in [0.15, 0.2) is 0 Å². The molecule has 3 rings (SSSR count). The Morgan fingerprint density at radius 3 is 2.95 bits per heavy atom. The standard InChI is InChI=1S/C18H29N3/c1-14-6-5-7-16(10-14)18(19)13-21-12-17-8-3-4-9-20(17)11-15(21)2/h5-7,10,15,17-18H,3-4,8-9,11-13,19H2,1-2H3. The van der Waals surface area contributed by atoms with Gasteiger partial charge in [-0.05, 0) is 38.8 Å². The van der Waals surface area contributed by atoms with Crippen LogP contribution in [0.25, 0.3) is 0 Å². The summed E-state index contributed by atoms with van der Waals surface area (Å²) in [5.74, 6) is 0. The molecule has 2 fully saturated rings. The minimum Gasteiger partial charge on any atom is -0.323 e. The fourth-order valence-electron chi connectivity index (χ4n) is 3.93. The maximum Gasteiger partial charge on any atom is 0.0424 e. The Morgan fingerprint density at radius 1 is 1.29 bits per heavy atom. The topological polar surface area (TPSA) is 32.5 Å². The minimum atomic E-state index is 0.127. The van der Waals surface area contributed by atoms with Gasteiger partial charge in [-0.2, -0.15) is 0 Å². The molecule has 3 nitrogen and oxygen atoms in total. The summed E-state index contributed by atoms with van der Waals surface area (Å²) in [6, 6.07) is 10.2. The number of fused-ring (bicyclic) bond motifs is 1. The van der Waals surface area contributed by atoms with E-state index in [1.54, 1.807) is 0 Å². The number of hydrogen-bond acceptors (Lipinski definition) is 3. The molecule has 1 aromatic carbocycles. The fourth-order valence-corrected chi connectivity index (χ4v) is 3.93. The number of piperazine rings is 1. The van der Waals surface area contributed by atoms with Gasteiger partial charge in [-0.3, -0.25) is 9.80 Å². The first-order chi connectivity index (χ1) is 10.1. The Bertz CT molecular complexity index is 473. The molecule has 2 aliphatic heterocycles. The lowest BCUT2D eigenvalue weighted by atomic mass is 9.96. The molecule has 2 aliphatic rings. The molecule has 0 radical (unpaired) electrons. The van der Waals surface area contributed by atoms with Crippen molar-refractivity contribution in [1.82, 2.24) is 9.80 Å². The molecule has 3 unspecified atom stereocenters. The second-order valence-electron chi connectivity index (χ2n) is 6.97. The van der Waals surface area contributed by atoms with Crippen molar-refractivity contribution in [2.24, 2.45) is 5.73 Å². The molecule has 2 N–H and O–H groups in total. The predicted molar refractivity (Wildman–Crippen MR) is 88.4 cm³/mol. The summed E-state index contributed by atoms with van der Waals surface area (Å²) < 4.78 is 0. The van der Waals surface area contributed by atoms with E-state index in [2.05, 4.69) is 47.9 Å². The van der Waals surface area contributed by atoms with E-state index in [4.69, 9.17) is 5.73 Å². The first-order valence-corrected chi connectivity index (χ1v) is 8.44. The molecule has 116 valence electrons. The van der Waals surface area contributed by atoms with Crippen LogP contribution in [0.2, 0.25) is 0 Å².